The fourth-order valence-electron chi connectivity index (χ4n) is 4.71. The van der Waals surface area contributed by atoms with E-state index in [1.807, 2.05) is 6.08 Å². The van der Waals surface area contributed by atoms with Crippen molar-refractivity contribution in [1.82, 2.24) is 0 Å². The number of ketones is 1. The first kappa shape index (κ1) is 16.0. The SMILES string of the molecule is CC1C2CC/C(=C\c3ccc(F)cc3)C(=O)C2CCC12OCCO2. The van der Waals surface area contributed by atoms with E-state index in [-0.39, 0.29) is 23.4 Å². The molecule has 24 heavy (non-hydrogen) atoms. The standard InChI is InChI=1S/C20H23FO3/c1-13-17-7-4-15(12-14-2-5-16(21)6-3-14)19(22)18(17)8-9-20(13)23-10-11-24-20/h2-3,5-6,12-13,17-18H,4,7-11H2,1H3/b15-12+. The number of carbonyl (C=O) groups excluding carboxylic acids is 1. The van der Waals surface area contributed by atoms with Gasteiger partial charge in [0.2, 0.25) is 0 Å². The number of Topliss-reactive ketones (excluding diaryl/α,β-unsaturated/α-hetero) is 1. The fourth-order valence-corrected chi connectivity index (χ4v) is 4.71. The van der Waals surface area contributed by atoms with Crippen molar-refractivity contribution >= 4 is 11.9 Å². The Hall–Kier alpha value is -1.52. The van der Waals surface area contributed by atoms with E-state index in [9.17, 15) is 9.18 Å². The number of halogens is 1. The highest BCUT2D eigenvalue weighted by Gasteiger charge is 2.53. The van der Waals surface area contributed by atoms with Gasteiger partial charge in [0, 0.05) is 18.3 Å². The summed E-state index contributed by atoms with van der Waals surface area (Å²) in [5.74, 6) is 0.189. The van der Waals surface area contributed by atoms with Crippen LogP contribution in [0.4, 0.5) is 4.39 Å². The van der Waals surface area contributed by atoms with E-state index in [1.54, 1.807) is 12.1 Å². The van der Waals surface area contributed by atoms with Gasteiger partial charge in [0.25, 0.3) is 0 Å². The molecule has 128 valence electrons. The molecule has 4 heteroatoms. The summed E-state index contributed by atoms with van der Waals surface area (Å²) < 4.78 is 24.9. The minimum atomic E-state index is -0.459. The molecule has 4 rings (SSSR count). The number of fused-ring (bicyclic) bond motifs is 1. The van der Waals surface area contributed by atoms with Crippen LogP contribution in [0.1, 0.15) is 38.2 Å². The van der Waals surface area contributed by atoms with Crippen LogP contribution in [0.25, 0.3) is 6.08 Å². The Bertz CT molecular complexity index is 658. The van der Waals surface area contributed by atoms with Crippen LogP contribution in [0.2, 0.25) is 0 Å². The molecule has 0 amide bonds. The first-order valence-corrected chi connectivity index (χ1v) is 8.87. The second-order valence-corrected chi connectivity index (χ2v) is 7.23. The summed E-state index contributed by atoms with van der Waals surface area (Å²) in [5, 5.41) is 0. The predicted octanol–water partition coefficient (Wildman–Crippen LogP) is 3.98. The molecule has 1 spiro atoms. The third-order valence-electron chi connectivity index (χ3n) is 6.04. The Balaban J connectivity index is 1.54. The Morgan fingerprint density at radius 3 is 2.58 bits per heavy atom. The van der Waals surface area contributed by atoms with E-state index in [0.29, 0.717) is 19.1 Å². The third kappa shape index (κ3) is 2.62. The fraction of sp³-hybridized carbons (Fsp3) is 0.550. The molecule has 0 aromatic heterocycles. The number of ether oxygens (including phenoxy) is 2. The average Bonchev–Trinajstić information content (AvgIpc) is 3.05. The Kier molecular flexibility index (Phi) is 4.05. The van der Waals surface area contributed by atoms with E-state index in [0.717, 1.165) is 36.8 Å². The zero-order chi connectivity index (χ0) is 16.7. The number of rotatable bonds is 1. The molecule has 3 nitrogen and oxygen atoms in total. The highest BCUT2D eigenvalue weighted by atomic mass is 19.1. The molecule has 1 saturated heterocycles. The second-order valence-electron chi connectivity index (χ2n) is 7.23. The summed E-state index contributed by atoms with van der Waals surface area (Å²) in [7, 11) is 0. The second kappa shape index (κ2) is 6.08. The zero-order valence-electron chi connectivity index (χ0n) is 14.0. The molecule has 3 fully saturated rings. The van der Waals surface area contributed by atoms with Gasteiger partial charge in [-0.25, -0.2) is 4.39 Å². The molecule has 1 aromatic carbocycles. The first-order valence-electron chi connectivity index (χ1n) is 8.87. The van der Waals surface area contributed by atoms with Crippen LogP contribution in [0, 0.1) is 23.6 Å². The van der Waals surface area contributed by atoms with Crippen molar-refractivity contribution in [3.05, 3.63) is 41.2 Å². The van der Waals surface area contributed by atoms with Gasteiger partial charge in [-0.1, -0.05) is 19.1 Å². The third-order valence-corrected chi connectivity index (χ3v) is 6.04. The van der Waals surface area contributed by atoms with Gasteiger partial charge < -0.3 is 9.47 Å². The van der Waals surface area contributed by atoms with Crippen LogP contribution in [0.3, 0.4) is 0 Å². The van der Waals surface area contributed by atoms with Gasteiger partial charge in [-0.15, -0.1) is 0 Å². The van der Waals surface area contributed by atoms with E-state index in [1.165, 1.54) is 12.1 Å². The van der Waals surface area contributed by atoms with Crippen LogP contribution in [0.5, 0.6) is 0 Å². The van der Waals surface area contributed by atoms with E-state index >= 15 is 0 Å². The van der Waals surface area contributed by atoms with Gasteiger partial charge in [-0.2, -0.15) is 0 Å². The van der Waals surface area contributed by atoms with Crippen molar-refractivity contribution in [1.29, 1.82) is 0 Å². The Morgan fingerprint density at radius 2 is 1.88 bits per heavy atom. The molecule has 1 heterocycles. The van der Waals surface area contributed by atoms with Crippen molar-refractivity contribution in [2.75, 3.05) is 13.2 Å². The summed E-state index contributed by atoms with van der Waals surface area (Å²) in [4.78, 5) is 13.0. The minimum Gasteiger partial charge on any atom is -0.347 e. The minimum absolute atomic E-state index is 0.0684. The van der Waals surface area contributed by atoms with Crippen molar-refractivity contribution in [3.63, 3.8) is 0 Å². The lowest BCUT2D eigenvalue weighted by molar-refractivity contribution is -0.230. The molecule has 2 saturated carbocycles. The zero-order valence-corrected chi connectivity index (χ0v) is 14.0. The predicted molar refractivity (Wildman–Crippen MR) is 88.6 cm³/mol. The summed E-state index contributed by atoms with van der Waals surface area (Å²) in [6, 6.07) is 6.31. The monoisotopic (exact) mass is 330 g/mol. The molecular weight excluding hydrogens is 307 g/mol. The van der Waals surface area contributed by atoms with E-state index in [2.05, 4.69) is 6.92 Å². The number of carbonyl (C=O) groups is 1. The molecule has 3 atom stereocenters. The largest absolute Gasteiger partial charge is 0.347 e. The Morgan fingerprint density at radius 1 is 1.17 bits per heavy atom. The van der Waals surface area contributed by atoms with Crippen molar-refractivity contribution in [3.8, 4) is 0 Å². The van der Waals surface area contributed by atoms with Gasteiger partial charge in [0.15, 0.2) is 11.6 Å². The summed E-state index contributed by atoms with van der Waals surface area (Å²) >= 11 is 0. The first-order chi connectivity index (χ1) is 11.6. The molecule has 0 bridgehead atoms. The number of hydrogen-bond acceptors (Lipinski definition) is 3. The summed E-state index contributed by atoms with van der Waals surface area (Å²) in [6.45, 7) is 3.49. The van der Waals surface area contributed by atoms with Crippen LogP contribution < -0.4 is 0 Å². The lowest BCUT2D eigenvalue weighted by Gasteiger charge is -2.48. The van der Waals surface area contributed by atoms with Crippen molar-refractivity contribution < 1.29 is 18.7 Å². The maximum Gasteiger partial charge on any atom is 0.171 e. The molecule has 3 unspecified atom stereocenters. The molecule has 1 aliphatic heterocycles. The molecule has 2 aliphatic carbocycles. The maximum absolute atomic E-state index is 13.0. The van der Waals surface area contributed by atoms with E-state index < -0.39 is 5.79 Å². The van der Waals surface area contributed by atoms with Crippen LogP contribution in [0.15, 0.2) is 29.8 Å². The van der Waals surface area contributed by atoms with Crippen LogP contribution >= 0.6 is 0 Å². The topological polar surface area (TPSA) is 35.5 Å². The maximum atomic E-state index is 13.0. The quantitative estimate of drug-likeness (QED) is 0.731. The Labute approximate surface area is 141 Å². The normalized spacial score (nSPS) is 33.8. The van der Waals surface area contributed by atoms with Crippen molar-refractivity contribution in [2.24, 2.45) is 17.8 Å². The average molecular weight is 330 g/mol. The molecular formula is C20H23FO3. The lowest BCUT2D eigenvalue weighted by atomic mass is 9.62. The lowest BCUT2D eigenvalue weighted by Crippen LogP contribution is -2.51. The molecule has 0 N–H and O–H groups in total. The number of allylic oxidation sites excluding steroid dienone is 1. The highest BCUT2D eigenvalue weighted by molar-refractivity contribution is 6.02. The van der Waals surface area contributed by atoms with Gasteiger partial charge in [0.05, 0.1) is 13.2 Å². The smallest absolute Gasteiger partial charge is 0.171 e. The molecule has 0 radical (unpaired) electrons. The van der Waals surface area contributed by atoms with Gasteiger partial charge in [0.1, 0.15) is 5.82 Å². The molecule has 3 aliphatic rings. The summed E-state index contributed by atoms with van der Waals surface area (Å²) in [5.41, 5.74) is 1.76. The molecule has 1 aromatic rings. The highest BCUT2D eigenvalue weighted by Crippen LogP contribution is 2.50. The van der Waals surface area contributed by atoms with Crippen LogP contribution in [-0.4, -0.2) is 24.8 Å². The van der Waals surface area contributed by atoms with Gasteiger partial charge >= 0.3 is 0 Å². The van der Waals surface area contributed by atoms with Crippen LogP contribution in [-0.2, 0) is 14.3 Å². The van der Waals surface area contributed by atoms with Gasteiger partial charge in [-0.05, 0) is 54.5 Å². The summed E-state index contributed by atoms with van der Waals surface area (Å²) in [6.07, 6.45) is 5.31. The number of hydrogen-bond donors (Lipinski definition) is 0. The van der Waals surface area contributed by atoms with Crippen molar-refractivity contribution in [2.45, 2.75) is 38.4 Å². The van der Waals surface area contributed by atoms with Gasteiger partial charge in [-0.3, -0.25) is 4.79 Å². The number of benzene rings is 1. The van der Waals surface area contributed by atoms with E-state index in [4.69, 9.17) is 9.47 Å².